The number of ether oxygens (including phenoxy) is 2. The van der Waals surface area contributed by atoms with Crippen LogP contribution in [0.1, 0.15) is 16.7 Å². The Balaban J connectivity index is 1.29. The summed E-state index contributed by atoms with van der Waals surface area (Å²) < 4.78 is 13.2. The summed E-state index contributed by atoms with van der Waals surface area (Å²) in [5.74, 6) is -0.448. The smallest absolute Gasteiger partial charge is 0.335 e. The zero-order valence-electron chi connectivity index (χ0n) is 21.6. The molecule has 1 saturated heterocycles. The van der Waals surface area contributed by atoms with Crippen LogP contribution < -0.4 is 19.7 Å². The molecule has 1 aliphatic heterocycles. The van der Waals surface area contributed by atoms with Crippen LogP contribution in [-0.4, -0.2) is 17.8 Å². The minimum atomic E-state index is -0.837. The van der Waals surface area contributed by atoms with Gasteiger partial charge < -0.3 is 9.47 Å². The molecule has 11 heteroatoms. The Hall–Kier alpha value is -3.63. The Morgan fingerprint density at radius 2 is 1.55 bits per heavy atom. The largest absolute Gasteiger partial charge is 0.489 e. The van der Waals surface area contributed by atoms with Gasteiger partial charge in [0.15, 0.2) is 0 Å². The van der Waals surface area contributed by atoms with E-state index in [2.05, 4.69) is 37.2 Å². The zero-order valence-corrected chi connectivity index (χ0v) is 26.3. The highest BCUT2D eigenvalue weighted by Crippen LogP contribution is 2.30. The Labute approximate surface area is 268 Å². The van der Waals surface area contributed by atoms with E-state index in [1.54, 1.807) is 60.7 Å². The number of halogens is 4. The van der Waals surface area contributed by atoms with Gasteiger partial charge in [0.2, 0.25) is 0 Å². The highest BCUT2D eigenvalue weighted by Gasteiger charge is 2.36. The van der Waals surface area contributed by atoms with Crippen molar-refractivity contribution in [2.45, 2.75) is 13.2 Å². The number of hydrogen-bond donors (Lipinski definition) is 1. The number of benzene rings is 4. The number of barbiturate groups is 1. The fourth-order valence-electron chi connectivity index (χ4n) is 4.02. The normalized spacial score (nSPS) is 14.2. The number of nitrogens with zero attached hydrogens (tertiary/aromatic N) is 1. The zero-order chi connectivity index (χ0) is 29.8. The Morgan fingerprint density at radius 1 is 0.810 bits per heavy atom. The number of imide groups is 2. The van der Waals surface area contributed by atoms with Crippen LogP contribution in [0.5, 0.6) is 11.5 Å². The maximum absolute atomic E-state index is 13.3. The van der Waals surface area contributed by atoms with E-state index >= 15 is 0 Å². The molecule has 1 heterocycles. The summed E-state index contributed by atoms with van der Waals surface area (Å²) in [6.45, 7) is 0.562. The van der Waals surface area contributed by atoms with E-state index in [-0.39, 0.29) is 17.9 Å². The van der Waals surface area contributed by atoms with Crippen molar-refractivity contribution in [3.8, 4) is 11.5 Å². The molecule has 0 bridgehead atoms. The molecule has 4 aromatic carbocycles. The molecule has 5 rings (SSSR count). The Kier molecular flexibility index (Phi) is 9.33. The molecule has 0 unspecified atom stereocenters. The monoisotopic (exact) mass is 728 g/mol. The molecule has 1 N–H and O–H groups in total. The minimum absolute atomic E-state index is 0.196. The molecule has 4 amide bonds. The summed E-state index contributed by atoms with van der Waals surface area (Å²) in [6.07, 6.45) is 1.41. The number of nitrogens with one attached hydrogen (secondary N) is 1. The predicted octanol–water partition coefficient (Wildman–Crippen LogP) is 8.34. The summed E-state index contributed by atoms with van der Waals surface area (Å²) in [5.41, 5.74) is 2.38. The molecule has 0 spiro atoms. The van der Waals surface area contributed by atoms with Gasteiger partial charge in [-0.2, -0.15) is 0 Å². The van der Waals surface area contributed by atoms with Crippen molar-refractivity contribution < 1.29 is 23.9 Å². The van der Waals surface area contributed by atoms with E-state index in [0.717, 1.165) is 20.5 Å². The molecular weight excluding hydrogens is 711 g/mol. The van der Waals surface area contributed by atoms with E-state index in [4.69, 9.17) is 32.7 Å². The van der Waals surface area contributed by atoms with Crippen LogP contribution in [0, 0.1) is 0 Å². The molecule has 0 aromatic heterocycles. The third kappa shape index (κ3) is 7.04. The van der Waals surface area contributed by atoms with Crippen LogP contribution in [0.15, 0.2) is 99.4 Å². The van der Waals surface area contributed by atoms with Crippen molar-refractivity contribution in [3.63, 3.8) is 0 Å². The van der Waals surface area contributed by atoms with Gasteiger partial charge in [-0.3, -0.25) is 14.9 Å². The minimum Gasteiger partial charge on any atom is -0.489 e. The molecule has 212 valence electrons. The molecule has 1 aliphatic rings. The number of amides is 4. The highest BCUT2D eigenvalue weighted by atomic mass is 79.9. The number of carbonyl (C=O) groups is 3. The molecule has 4 aromatic rings. The second-order valence-corrected chi connectivity index (χ2v) is 11.7. The molecule has 0 radical (unpaired) electrons. The molecule has 0 saturated carbocycles. The lowest BCUT2D eigenvalue weighted by molar-refractivity contribution is -0.122. The number of rotatable bonds is 8. The third-order valence-corrected chi connectivity index (χ3v) is 7.92. The van der Waals surface area contributed by atoms with Crippen LogP contribution in [0.4, 0.5) is 10.5 Å². The van der Waals surface area contributed by atoms with Crippen LogP contribution in [0.25, 0.3) is 6.08 Å². The van der Waals surface area contributed by atoms with Gasteiger partial charge in [-0.15, -0.1) is 0 Å². The van der Waals surface area contributed by atoms with Gasteiger partial charge in [-0.1, -0.05) is 63.4 Å². The lowest BCUT2D eigenvalue weighted by atomic mass is 10.1. The first-order chi connectivity index (χ1) is 20.2. The van der Waals surface area contributed by atoms with E-state index < -0.39 is 17.8 Å². The Bertz CT molecular complexity index is 1710. The van der Waals surface area contributed by atoms with Crippen molar-refractivity contribution in [2.75, 3.05) is 4.90 Å². The molecule has 0 atom stereocenters. The van der Waals surface area contributed by atoms with Crippen LogP contribution in [0.2, 0.25) is 10.0 Å². The summed E-state index contributed by atoms with van der Waals surface area (Å²) in [4.78, 5) is 39.5. The molecule has 1 fully saturated rings. The van der Waals surface area contributed by atoms with Crippen LogP contribution in [-0.2, 0) is 22.8 Å². The average molecular weight is 731 g/mol. The molecular formula is C31H20Br2Cl2N2O5. The SMILES string of the molecule is O=C1NC(=O)N(c2ccc(OCc3ccc(Br)cc3)cc2)C(=O)/C1=C/c1ccc(OCc2ccc(Cl)cc2Cl)c(Br)c1. The van der Waals surface area contributed by atoms with Crippen molar-refractivity contribution in [2.24, 2.45) is 0 Å². The maximum Gasteiger partial charge on any atom is 0.335 e. The first kappa shape index (κ1) is 29.8. The second-order valence-electron chi connectivity index (χ2n) is 9.08. The number of urea groups is 1. The van der Waals surface area contributed by atoms with E-state index in [0.29, 0.717) is 38.2 Å². The summed E-state index contributed by atoms with van der Waals surface area (Å²) in [6, 6.07) is 23.6. The number of hydrogen-bond acceptors (Lipinski definition) is 5. The quantitative estimate of drug-likeness (QED) is 0.146. The lowest BCUT2D eigenvalue weighted by Gasteiger charge is -2.26. The van der Waals surface area contributed by atoms with Crippen molar-refractivity contribution in [1.82, 2.24) is 5.32 Å². The average Bonchev–Trinajstić information content (AvgIpc) is 2.96. The van der Waals surface area contributed by atoms with Gasteiger partial charge in [-0.05, 0) is 93.8 Å². The molecule has 0 aliphatic carbocycles. The topological polar surface area (TPSA) is 84.9 Å². The summed E-state index contributed by atoms with van der Waals surface area (Å²) in [5, 5.41) is 3.25. The molecule has 7 nitrogen and oxygen atoms in total. The second kappa shape index (κ2) is 13.1. The van der Waals surface area contributed by atoms with Gasteiger partial charge in [0.05, 0.1) is 10.2 Å². The van der Waals surface area contributed by atoms with Gasteiger partial charge in [0.1, 0.15) is 30.3 Å². The van der Waals surface area contributed by atoms with Crippen LogP contribution >= 0.6 is 55.1 Å². The van der Waals surface area contributed by atoms with Gasteiger partial charge in [-0.25, -0.2) is 9.69 Å². The highest BCUT2D eigenvalue weighted by molar-refractivity contribution is 9.10. The number of anilines is 1. The Morgan fingerprint density at radius 3 is 2.24 bits per heavy atom. The molecule has 42 heavy (non-hydrogen) atoms. The first-order valence-corrected chi connectivity index (χ1v) is 14.8. The van der Waals surface area contributed by atoms with Gasteiger partial charge in [0.25, 0.3) is 11.8 Å². The van der Waals surface area contributed by atoms with E-state index in [9.17, 15) is 14.4 Å². The lowest BCUT2D eigenvalue weighted by Crippen LogP contribution is -2.54. The fourth-order valence-corrected chi connectivity index (χ4v) is 5.25. The van der Waals surface area contributed by atoms with E-state index in [1.165, 1.54) is 6.08 Å². The third-order valence-electron chi connectivity index (χ3n) is 6.18. The van der Waals surface area contributed by atoms with Gasteiger partial charge in [0, 0.05) is 20.1 Å². The van der Waals surface area contributed by atoms with Gasteiger partial charge >= 0.3 is 6.03 Å². The number of carbonyl (C=O) groups excluding carboxylic acids is 3. The fraction of sp³-hybridized carbons (Fsp3) is 0.0645. The van der Waals surface area contributed by atoms with Crippen molar-refractivity contribution >= 4 is 84.7 Å². The maximum atomic E-state index is 13.3. The van der Waals surface area contributed by atoms with Crippen molar-refractivity contribution in [3.05, 3.63) is 126 Å². The predicted molar refractivity (Wildman–Crippen MR) is 169 cm³/mol. The van der Waals surface area contributed by atoms with E-state index in [1.807, 2.05) is 24.3 Å². The summed E-state index contributed by atoms with van der Waals surface area (Å²) >= 11 is 19.0. The summed E-state index contributed by atoms with van der Waals surface area (Å²) in [7, 11) is 0. The van der Waals surface area contributed by atoms with Crippen molar-refractivity contribution in [1.29, 1.82) is 0 Å². The standard InChI is InChI=1S/C31H20Br2Cl2N2O5/c32-21-5-1-18(2-6-21)16-41-24-10-8-23(9-11-24)37-30(39)25(29(38)36-31(37)40)13-19-3-12-28(26(33)14-19)42-17-20-4-7-22(34)15-27(20)35/h1-15H,16-17H2,(H,36,38,40)/b25-13+. The van der Waals surface area contributed by atoms with Crippen LogP contribution in [0.3, 0.4) is 0 Å². The first-order valence-electron chi connectivity index (χ1n) is 12.4.